The van der Waals surface area contributed by atoms with E-state index < -0.39 is 192 Å². The molecule has 3 N–H and O–H groups in total. The molecule has 3 heterocycles. The van der Waals surface area contributed by atoms with E-state index in [1.54, 1.807) is 42.7 Å². The van der Waals surface area contributed by atoms with E-state index in [1.807, 2.05) is 17.9 Å². The molecule has 0 amide bonds. The Kier molecular flexibility index (Phi) is 67.5. The Labute approximate surface area is 720 Å². The highest BCUT2D eigenvalue weighted by Crippen LogP contribution is 2.41. The SMILES string of the molecule is C=CC[SiH2]CO[Si](C)(C)CC[Si]1(C)O[Si](C)(C)O[Si](C)(CC)O[Si](C)(C)O1.C=CC[SiH](C)CO[Si](C)(C)CC[Si]1(C)O[Si](C)(C)O[Si](C)(CC)O[Si](C)(CC[Si](C)(C)O[Si](C)(C)C=C)O1.CC[Si]1(C)O[Si](C)(C)O[Si](C)(CC[Si](C)(C)OC[SiH](C)C)O[Si](C)(C)O1.CO.CO.CO.CO[SiH2]OC.CO[SiH2]OC.CO[SiH2]OC. The maximum atomic E-state index is 7.25. The van der Waals surface area contributed by atoms with E-state index in [0.717, 1.165) is 119 Å². The standard InChI is InChI=1S/C24H60O6Si8.C16H42O5Si6.C15H42O5Si6.3C2H8O2Si.3CH4O/c1-16-19-31(4)24-25-33(7,8)20-22-37(14)28-35(11,12)27-36(13,18-3)29-38(15,30-37)23-21-34(9,10)26-32(5,6)17-2;1-11-13-22-16-17-23(3,4)14-15-27(10)20-24(5,6)18-26(9,12-2)19-25(7,8)21-27;1-12-25(10)17-23(6,7)19-26(11,20-24(8,9)18-25)14-13-22(4,5)16-15-21(2)3;3*1-3-5-4-2;3*1-2/h16-17,31H,1-2,18-24H2,3-15H3;11H,1,12-16,22H2,2-10H3;21H,12-15H2,1-11H3;3*5H2,1-2H3;3*2H,1H3. The lowest BCUT2D eigenvalue weighted by Gasteiger charge is -2.50. The summed E-state index contributed by atoms with van der Waals surface area (Å²) in [5, 5.41) is 21.0. The number of allylic oxidation sites excluding steroid dienone is 2. The smallest absolute Gasteiger partial charge is 0.317 e. The molecular weight excluding hydrogens is 1810 g/mol. The third-order valence-electron chi connectivity index (χ3n) is 17.1. The van der Waals surface area contributed by atoms with Crippen LogP contribution in [0.1, 0.15) is 20.8 Å². The molecule has 3 aliphatic rings. The molecule has 48 heteroatoms. The summed E-state index contributed by atoms with van der Waals surface area (Å²) in [6, 6.07) is 13.0. The van der Waals surface area contributed by atoms with E-state index in [1.165, 1.54) is 0 Å². The first-order valence-electron chi connectivity index (χ1n) is 40.1. The largest absolute Gasteiger partial charge is 0.453 e. The second-order valence-corrected chi connectivity index (χ2v) is 112. The van der Waals surface area contributed by atoms with Crippen molar-refractivity contribution in [3.05, 3.63) is 37.6 Å². The van der Waals surface area contributed by atoms with Crippen molar-refractivity contribution in [2.45, 2.75) is 296 Å². The molecule has 4 atom stereocenters. The van der Waals surface area contributed by atoms with Crippen LogP contribution in [0.25, 0.3) is 0 Å². The summed E-state index contributed by atoms with van der Waals surface area (Å²) < 4.78 is 135. The van der Waals surface area contributed by atoms with Gasteiger partial charge < -0.3 is 109 Å². The number of aliphatic hydroxyl groups excluding tert-OH is 3. The highest BCUT2D eigenvalue weighted by atomic mass is 28.5. The maximum Gasteiger partial charge on any atom is 0.317 e. The molecule has 112 heavy (non-hydrogen) atoms. The first kappa shape index (κ1) is 126. The van der Waals surface area contributed by atoms with Gasteiger partial charge in [0.05, 0.1) is 27.1 Å². The molecule has 4 unspecified atom stereocenters. The first-order valence-corrected chi connectivity index (χ1v) is 98.7. The molecule has 0 aromatic heterocycles. The highest BCUT2D eigenvalue weighted by molar-refractivity contribution is 6.97. The Morgan fingerprint density at radius 3 is 0.839 bits per heavy atom. The molecule has 3 fully saturated rings. The summed E-state index contributed by atoms with van der Waals surface area (Å²) in [5.41, 5.74) is 2.04. The Hall–Kier alpha value is 3.21. The van der Waals surface area contributed by atoms with Crippen LogP contribution in [0.4, 0.5) is 0 Å². The van der Waals surface area contributed by atoms with Crippen LogP contribution in [0.2, 0.25) is 275 Å². The predicted octanol–water partition coefficient (Wildman–Crippen LogP) is 14.1. The zero-order chi connectivity index (χ0) is 89.5. The predicted molar refractivity (Wildman–Crippen MR) is 531 cm³/mol. The second kappa shape index (κ2) is 60.0. The van der Waals surface area contributed by atoms with Crippen LogP contribution in [0.5, 0.6) is 0 Å². The van der Waals surface area contributed by atoms with Crippen LogP contribution in [0.15, 0.2) is 37.6 Å². The van der Waals surface area contributed by atoms with Crippen molar-refractivity contribution in [1.82, 2.24) is 0 Å². The monoisotopic (exact) mass is 1990 g/mol. The van der Waals surface area contributed by atoms with Gasteiger partial charge >= 0.3 is 133 Å². The van der Waals surface area contributed by atoms with Crippen molar-refractivity contribution >= 4 is 201 Å². The van der Waals surface area contributed by atoms with Crippen LogP contribution in [-0.2, 0) is 93.3 Å². The van der Waals surface area contributed by atoms with E-state index in [2.05, 4.69) is 263 Å². The van der Waals surface area contributed by atoms with E-state index in [0.29, 0.717) is 0 Å². The fourth-order valence-corrected chi connectivity index (χ4v) is 109. The minimum Gasteiger partial charge on any atom is -0.453 e. The van der Waals surface area contributed by atoms with Crippen LogP contribution in [-0.4, -0.2) is 299 Å². The van der Waals surface area contributed by atoms with Crippen LogP contribution >= 0.6 is 0 Å². The Balaban J connectivity index is -0.000000337. The molecule has 0 radical (unpaired) electrons. The molecule has 3 rings (SSSR count). The van der Waals surface area contributed by atoms with E-state index >= 15 is 0 Å². The van der Waals surface area contributed by atoms with Gasteiger partial charge in [0, 0.05) is 82.7 Å². The highest BCUT2D eigenvalue weighted by Gasteiger charge is 2.58. The van der Waals surface area contributed by atoms with Crippen molar-refractivity contribution in [3.63, 3.8) is 0 Å². The first-order chi connectivity index (χ1) is 50.9. The lowest BCUT2D eigenvalue weighted by atomic mass is 10.8. The average molecular weight is 2000 g/mol. The van der Waals surface area contributed by atoms with E-state index in [9.17, 15) is 0 Å². The quantitative estimate of drug-likeness (QED) is 0.0296. The molecule has 0 saturated carbocycles. The zero-order valence-corrected chi connectivity index (χ0v) is 105. The van der Waals surface area contributed by atoms with E-state index in [4.69, 9.17) is 82.1 Å². The summed E-state index contributed by atoms with van der Waals surface area (Å²) in [6.45, 7) is 85.3. The zero-order valence-electron chi connectivity index (χ0n) is 80.0. The summed E-state index contributed by atoms with van der Waals surface area (Å²) >= 11 is 0. The van der Waals surface area contributed by atoms with Crippen molar-refractivity contribution in [2.75, 3.05) is 82.7 Å². The molecule has 25 nitrogen and oxygen atoms in total. The van der Waals surface area contributed by atoms with Gasteiger partial charge in [0.1, 0.15) is 0 Å². The molecular formula is C64H180O25Si23. The molecule has 3 saturated heterocycles. The van der Waals surface area contributed by atoms with Crippen LogP contribution in [0.3, 0.4) is 0 Å². The number of hydrogen-bond acceptors (Lipinski definition) is 25. The average Bonchev–Trinajstić information content (AvgIpc) is 0.784. The third-order valence-corrected chi connectivity index (χ3v) is 91.9. The molecule has 0 aromatic rings. The van der Waals surface area contributed by atoms with Crippen molar-refractivity contribution < 1.29 is 109 Å². The van der Waals surface area contributed by atoms with Crippen LogP contribution in [0, 0.1) is 0 Å². The Bertz CT molecular complexity index is 2370. The topological polar surface area (TPSA) is 264 Å². The van der Waals surface area contributed by atoms with Gasteiger partial charge in [-0.1, -0.05) is 58.3 Å². The summed E-state index contributed by atoms with van der Waals surface area (Å²) in [6.07, 6.45) is 6.92. The Morgan fingerprint density at radius 1 is 0.348 bits per heavy atom. The van der Waals surface area contributed by atoms with Gasteiger partial charge in [0.2, 0.25) is 0 Å². The van der Waals surface area contributed by atoms with Gasteiger partial charge in [-0.15, -0.1) is 19.7 Å². The summed E-state index contributed by atoms with van der Waals surface area (Å²) in [7, 11) is -28.0. The van der Waals surface area contributed by atoms with Crippen molar-refractivity contribution in [2.24, 2.45) is 0 Å². The van der Waals surface area contributed by atoms with Gasteiger partial charge in [-0.25, -0.2) is 0 Å². The number of aliphatic hydroxyl groups is 3. The van der Waals surface area contributed by atoms with Crippen molar-refractivity contribution in [1.29, 1.82) is 0 Å². The summed E-state index contributed by atoms with van der Waals surface area (Å²) in [5.74, 6) is 0. The van der Waals surface area contributed by atoms with Crippen LogP contribution < -0.4 is 0 Å². The van der Waals surface area contributed by atoms with Gasteiger partial charge in [0.15, 0.2) is 41.6 Å². The van der Waals surface area contributed by atoms with Gasteiger partial charge in [-0.05, 0) is 255 Å². The minimum absolute atomic E-state index is 0.163. The number of hydrogen-bond donors (Lipinski definition) is 3. The normalized spacial score (nSPS) is 26.5. The molecule has 0 spiro atoms. The third kappa shape index (κ3) is 64.0. The molecule has 0 aromatic carbocycles. The van der Waals surface area contributed by atoms with Gasteiger partial charge in [-0.2, -0.15) is 0 Å². The minimum atomic E-state index is -2.60. The Morgan fingerprint density at radius 2 is 0.589 bits per heavy atom. The molecule has 678 valence electrons. The molecule has 0 bridgehead atoms. The molecule has 0 aliphatic carbocycles. The summed E-state index contributed by atoms with van der Waals surface area (Å²) in [4.78, 5) is 0. The molecule has 3 aliphatic heterocycles. The van der Waals surface area contributed by atoms with Crippen molar-refractivity contribution in [3.8, 4) is 0 Å². The second-order valence-electron chi connectivity index (χ2n) is 35.2. The lowest BCUT2D eigenvalue weighted by Crippen LogP contribution is -2.66. The maximum absolute atomic E-state index is 7.25. The lowest BCUT2D eigenvalue weighted by molar-refractivity contribution is 0.226. The van der Waals surface area contributed by atoms with Gasteiger partial charge in [-0.3, -0.25) is 0 Å². The fraction of sp³-hybridized carbons (Fsp3) is 0.906. The fourth-order valence-electron chi connectivity index (χ4n) is 12.4. The van der Waals surface area contributed by atoms with Gasteiger partial charge in [0.25, 0.3) is 0 Å². The van der Waals surface area contributed by atoms with E-state index in [-0.39, 0.29) is 9.52 Å². The number of rotatable bonds is 37.